The van der Waals surface area contributed by atoms with Crippen LogP contribution in [0, 0.1) is 0 Å². The van der Waals surface area contributed by atoms with Crippen molar-refractivity contribution >= 4 is 5.78 Å². The Bertz CT molecular complexity index is 98.6. The lowest BCUT2D eigenvalue weighted by Gasteiger charge is -1.96. The second-order valence-electron chi connectivity index (χ2n) is 1.44. The Morgan fingerprint density at radius 3 is 2.62 bits per heavy atom. The Morgan fingerprint density at radius 1 is 2.00 bits per heavy atom. The van der Waals surface area contributed by atoms with E-state index in [1.165, 1.54) is 0 Å². The maximum atomic E-state index is 10.3. The van der Waals surface area contributed by atoms with Gasteiger partial charge >= 0.3 is 0 Å². The highest BCUT2D eigenvalue weighted by Gasteiger charge is 1.99. The molecule has 0 aliphatic rings. The van der Waals surface area contributed by atoms with E-state index in [0.717, 1.165) is 6.08 Å². The standard InChI is InChI=1S/C5H9NO2/c1-2-4(7)3-5(6)8/h2,5,8H,1,3,6H2. The molecule has 46 valence electrons. The maximum absolute atomic E-state index is 10.3. The third-order valence-corrected chi connectivity index (χ3v) is 0.638. The second-order valence-corrected chi connectivity index (χ2v) is 1.44. The van der Waals surface area contributed by atoms with Crippen LogP contribution in [0.15, 0.2) is 12.7 Å². The largest absolute Gasteiger partial charge is 0.378 e. The zero-order chi connectivity index (χ0) is 6.57. The molecule has 0 fully saturated rings. The zero-order valence-electron chi connectivity index (χ0n) is 4.50. The van der Waals surface area contributed by atoms with Gasteiger partial charge in [0.15, 0.2) is 5.78 Å². The minimum Gasteiger partial charge on any atom is -0.378 e. The first-order valence-corrected chi connectivity index (χ1v) is 2.25. The minimum absolute atomic E-state index is 0.0382. The molecule has 0 bridgehead atoms. The molecule has 0 amide bonds. The molecule has 3 heteroatoms. The van der Waals surface area contributed by atoms with Gasteiger partial charge in [0.25, 0.3) is 0 Å². The van der Waals surface area contributed by atoms with Gasteiger partial charge in [0.05, 0.1) is 0 Å². The molecule has 0 spiro atoms. The van der Waals surface area contributed by atoms with E-state index >= 15 is 0 Å². The van der Waals surface area contributed by atoms with Gasteiger partial charge in [0.1, 0.15) is 6.23 Å². The zero-order valence-corrected chi connectivity index (χ0v) is 4.50. The van der Waals surface area contributed by atoms with Gasteiger partial charge in [-0.1, -0.05) is 6.58 Å². The number of hydrogen-bond donors (Lipinski definition) is 2. The highest BCUT2D eigenvalue weighted by Crippen LogP contribution is 1.84. The number of carbonyl (C=O) groups excluding carboxylic acids is 1. The predicted octanol–water partition coefficient (Wildman–Crippen LogP) is -0.591. The monoisotopic (exact) mass is 115 g/mol. The second kappa shape index (κ2) is 3.35. The van der Waals surface area contributed by atoms with Gasteiger partial charge < -0.3 is 10.8 Å². The maximum Gasteiger partial charge on any atom is 0.159 e. The van der Waals surface area contributed by atoms with Crippen LogP contribution in [-0.4, -0.2) is 17.1 Å². The fraction of sp³-hybridized carbons (Fsp3) is 0.400. The Morgan fingerprint density at radius 2 is 2.50 bits per heavy atom. The summed E-state index contributed by atoms with van der Waals surface area (Å²) < 4.78 is 0. The normalized spacial score (nSPS) is 12.8. The highest BCUT2D eigenvalue weighted by atomic mass is 16.3. The van der Waals surface area contributed by atoms with E-state index in [9.17, 15) is 4.79 Å². The molecule has 0 heterocycles. The summed E-state index contributed by atoms with van der Waals surface area (Å²) in [6.07, 6.45) is 0.0556. The molecule has 0 saturated heterocycles. The number of allylic oxidation sites excluding steroid dienone is 1. The summed E-state index contributed by atoms with van der Waals surface area (Å²) in [7, 11) is 0. The van der Waals surface area contributed by atoms with Gasteiger partial charge in [-0.2, -0.15) is 0 Å². The van der Waals surface area contributed by atoms with Crippen LogP contribution in [0.4, 0.5) is 0 Å². The van der Waals surface area contributed by atoms with Crippen molar-refractivity contribution in [3.05, 3.63) is 12.7 Å². The topological polar surface area (TPSA) is 63.3 Å². The first kappa shape index (κ1) is 7.33. The van der Waals surface area contributed by atoms with Gasteiger partial charge in [-0.3, -0.25) is 4.79 Å². The Kier molecular flexibility index (Phi) is 3.07. The molecule has 0 radical (unpaired) electrons. The van der Waals surface area contributed by atoms with Crippen molar-refractivity contribution in [3.8, 4) is 0 Å². The smallest absolute Gasteiger partial charge is 0.159 e. The molecule has 8 heavy (non-hydrogen) atoms. The molecule has 3 N–H and O–H groups in total. The average Bonchev–Trinajstić information content (AvgIpc) is 1.65. The summed E-state index contributed by atoms with van der Waals surface area (Å²) in [5.41, 5.74) is 4.86. The molecule has 0 aromatic heterocycles. The minimum atomic E-state index is -1.04. The van der Waals surface area contributed by atoms with E-state index in [2.05, 4.69) is 6.58 Å². The van der Waals surface area contributed by atoms with Gasteiger partial charge in [0, 0.05) is 6.42 Å². The number of hydrogen-bond acceptors (Lipinski definition) is 3. The van der Waals surface area contributed by atoms with Crippen molar-refractivity contribution in [2.45, 2.75) is 12.6 Å². The van der Waals surface area contributed by atoms with Crippen LogP contribution in [0.5, 0.6) is 0 Å². The van der Waals surface area contributed by atoms with E-state index in [0.29, 0.717) is 0 Å². The summed E-state index contributed by atoms with van der Waals surface area (Å²) >= 11 is 0. The van der Waals surface area contributed by atoms with Crippen LogP contribution in [0.1, 0.15) is 6.42 Å². The first-order chi connectivity index (χ1) is 3.66. The van der Waals surface area contributed by atoms with Crippen LogP contribution in [0.25, 0.3) is 0 Å². The third-order valence-electron chi connectivity index (χ3n) is 0.638. The van der Waals surface area contributed by atoms with Crippen LogP contribution in [0.3, 0.4) is 0 Å². The molecule has 0 rings (SSSR count). The molecule has 3 nitrogen and oxygen atoms in total. The fourth-order valence-electron chi connectivity index (χ4n) is 0.289. The lowest BCUT2D eigenvalue weighted by molar-refractivity contribution is -0.116. The fourth-order valence-corrected chi connectivity index (χ4v) is 0.289. The van der Waals surface area contributed by atoms with Crippen LogP contribution < -0.4 is 5.73 Å². The number of aliphatic hydroxyl groups excluding tert-OH is 1. The van der Waals surface area contributed by atoms with Crippen molar-refractivity contribution in [2.75, 3.05) is 0 Å². The molecule has 0 aromatic rings. The number of rotatable bonds is 3. The van der Waals surface area contributed by atoms with Gasteiger partial charge in [0.2, 0.25) is 0 Å². The molecule has 0 aliphatic heterocycles. The van der Waals surface area contributed by atoms with E-state index in [4.69, 9.17) is 10.8 Å². The van der Waals surface area contributed by atoms with E-state index in [1.807, 2.05) is 0 Å². The molecule has 1 unspecified atom stereocenters. The number of carbonyl (C=O) groups is 1. The molecular weight excluding hydrogens is 106 g/mol. The Balaban J connectivity index is 3.39. The molecule has 0 aromatic carbocycles. The Labute approximate surface area is 47.8 Å². The van der Waals surface area contributed by atoms with Crippen molar-refractivity contribution in [1.82, 2.24) is 0 Å². The van der Waals surface area contributed by atoms with Crippen LogP contribution in [0.2, 0.25) is 0 Å². The molecule has 0 aliphatic carbocycles. The van der Waals surface area contributed by atoms with E-state index in [1.54, 1.807) is 0 Å². The first-order valence-electron chi connectivity index (χ1n) is 2.25. The van der Waals surface area contributed by atoms with Crippen LogP contribution >= 0.6 is 0 Å². The molecule has 0 saturated carbocycles. The molecular formula is C5H9NO2. The van der Waals surface area contributed by atoms with Crippen molar-refractivity contribution in [1.29, 1.82) is 0 Å². The lowest BCUT2D eigenvalue weighted by atomic mass is 10.3. The predicted molar refractivity (Wildman–Crippen MR) is 30.0 cm³/mol. The SMILES string of the molecule is C=CC(=O)CC(N)O. The van der Waals surface area contributed by atoms with Crippen LogP contribution in [-0.2, 0) is 4.79 Å². The van der Waals surface area contributed by atoms with E-state index < -0.39 is 6.23 Å². The average molecular weight is 115 g/mol. The lowest BCUT2D eigenvalue weighted by Crippen LogP contribution is -2.21. The van der Waals surface area contributed by atoms with Crippen molar-refractivity contribution < 1.29 is 9.90 Å². The highest BCUT2D eigenvalue weighted by molar-refractivity contribution is 5.89. The number of nitrogens with two attached hydrogens (primary N) is 1. The Hall–Kier alpha value is -0.670. The van der Waals surface area contributed by atoms with Gasteiger partial charge in [-0.25, -0.2) is 0 Å². The van der Waals surface area contributed by atoms with Crippen molar-refractivity contribution in [3.63, 3.8) is 0 Å². The summed E-state index contributed by atoms with van der Waals surface area (Å²) in [6.45, 7) is 3.20. The summed E-state index contributed by atoms with van der Waals surface area (Å²) in [5.74, 6) is -0.236. The number of ketones is 1. The molecule has 1 atom stereocenters. The van der Waals surface area contributed by atoms with Crippen molar-refractivity contribution in [2.24, 2.45) is 5.73 Å². The summed E-state index contributed by atoms with van der Waals surface area (Å²) in [5, 5.41) is 8.36. The summed E-state index contributed by atoms with van der Waals surface area (Å²) in [4.78, 5) is 10.3. The van der Waals surface area contributed by atoms with Gasteiger partial charge in [-0.05, 0) is 6.08 Å². The summed E-state index contributed by atoms with van der Waals surface area (Å²) in [6, 6.07) is 0. The third kappa shape index (κ3) is 3.52. The van der Waals surface area contributed by atoms with Gasteiger partial charge in [-0.15, -0.1) is 0 Å². The van der Waals surface area contributed by atoms with E-state index in [-0.39, 0.29) is 12.2 Å². The number of aliphatic hydroxyl groups is 1. The quantitative estimate of drug-likeness (QED) is 0.381.